The number of likely N-dealkylation sites (N-methyl/N-ethyl adjacent to an activating group) is 1. The van der Waals surface area contributed by atoms with E-state index in [-0.39, 0.29) is 7.43 Å². The van der Waals surface area contributed by atoms with Crippen molar-refractivity contribution in [3.63, 3.8) is 0 Å². The van der Waals surface area contributed by atoms with E-state index in [4.69, 9.17) is 0 Å². The Labute approximate surface area is 139 Å². The molecule has 1 heterocycles. The molecule has 2 aromatic rings. The smallest absolute Gasteiger partial charge is 0.0998 e. The molecule has 1 aliphatic rings. The lowest BCUT2D eigenvalue weighted by atomic mass is 9.85. The predicted octanol–water partition coefficient (Wildman–Crippen LogP) is 4.88. The lowest BCUT2D eigenvalue weighted by Crippen LogP contribution is -2.31. The van der Waals surface area contributed by atoms with Crippen LogP contribution in [0.15, 0.2) is 43.0 Å². The molecule has 2 heteroatoms. The van der Waals surface area contributed by atoms with Crippen molar-refractivity contribution in [3.8, 4) is 17.2 Å². The van der Waals surface area contributed by atoms with E-state index in [0.717, 1.165) is 37.2 Å². The van der Waals surface area contributed by atoms with Gasteiger partial charge in [0.25, 0.3) is 0 Å². The Morgan fingerprint density at radius 1 is 1.26 bits per heavy atom. The monoisotopic (exact) mass is 304 g/mol. The lowest BCUT2D eigenvalue weighted by molar-refractivity contribution is 0.268. The maximum Gasteiger partial charge on any atom is 0.0998 e. The van der Waals surface area contributed by atoms with Crippen LogP contribution in [0.2, 0.25) is 0 Å². The van der Waals surface area contributed by atoms with Crippen molar-refractivity contribution >= 4 is 6.08 Å². The Morgan fingerprint density at radius 3 is 2.61 bits per heavy atom. The molecule has 23 heavy (non-hydrogen) atoms. The number of nitriles is 1. The number of hydrogen-bond acceptors (Lipinski definition) is 2. The fraction of sp³-hybridized carbons (Fsp3) is 0.286. The molecule has 0 unspecified atom stereocenters. The number of rotatable bonds is 3. The van der Waals surface area contributed by atoms with E-state index in [0.29, 0.717) is 0 Å². The van der Waals surface area contributed by atoms with Crippen LogP contribution in [0, 0.1) is 11.3 Å². The summed E-state index contributed by atoms with van der Waals surface area (Å²) in [5, 5.41) is 9.53. The summed E-state index contributed by atoms with van der Waals surface area (Å²) in [5.41, 5.74) is 6.79. The van der Waals surface area contributed by atoms with Gasteiger partial charge in [-0.05, 0) is 46.8 Å². The van der Waals surface area contributed by atoms with E-state index in [1.165, 1.54) is 22.3 Å². The van der Waals surface area contributed by atoms with Gasteiger partial charge in [-0.15, -0.1) is 0 Å². The molecular formula is C21H24N2. The Kier molecular flexibility index (Phi) is 5.36. The minimum absolute atomic E-state index is 0. The molecule has 2 aromatic carbocycles. The largest absolute Gasteiger partial charge is 0.299 e. The van der Waals surface area contributed by atoms with Gasteiger partial charge in [0.15, 0.2) is 0 Å². The number of fused-ring (bicyclic) bond motifs is 1. The highest BCUT2D eigenvalue weighted by Crippen LogP contribution is 2.35. The summed E-state index contributed by atoms with van der Waals surface area (Å²) in [6, 6.07) is 14.8. The normalized spacial score (nSPS) is 13.6. The molecule has 0 saturated carbocycles. The van der Waals surface area contributed by atoms with E-state index >= 15 is 0 Å². The summed E-state index contributed by atoms with van der Waals surface area (Å²) in [6.07, 6.45) is 2.87. The second-order valence-electron chi connectivity index (χ2n) is 5.64. The molecule has 0 fully saturated rings. The molecule has 1 aliphatic heterocycles. The Balaban J connectivity index is 0.00000192. The third kappa shape index (κ3) is 3.06. The van der Waals surface area contributed by atoms with Crippen molar-refractivity contribution in [1.82, 2.24) is 4.90 Å². The zero-order chi connectivity index (χ0) is 15.5. The van der Waals surface area contributed by atoms with Crippen LogP contribution >= 0.6 is 0 Å². The Morgan fingerprint density at radius 2 is 2.00 bits per heavy atom. The van der Waals surface area contributed by atoms with Crippen LogP contribution in [-0.2, 0) is 13.0 Å². The third-order valence-corrected chi connectivity index (χ3v) is 4.51. The van der Waals surface area contributed by atoms with Crippen LogP contribution in [0.25, 0.3) is 17.2 Å². The molecule has 0 aromatic heterocycles. The Bertz CT molecular complexity index is 739. The van der Waals surface area contributed by atoms with Gasteiger partial charge in [-0.1, -0.05) is 57.3 Å². The van der Waals surface area contributed by atoms with Crippen molar-refractivity contribution in [2.75, 3.05) is 13.1 Å². The number of benzene rings is 2. The number of nitrogens with zero attached hydrogens (tertiary/aromatic N) is 2. The van der Waals surface area contributed by atoms with Gasteiger partial charge in [0.2, 0.25) is 0 Å². The van der Waals surface area contributed by atoms with Gasteiger partial charge in [-0.25, -0.2) is 0 Å². The topological polar surface area (TPSA) is 27.0 Å². The Hall–Kier alpha value is -2.37. The fourth-order valence-electron chi connectivity index (χ4n) is 3.31. The van der Waals surface area contributed by atoms with Crippen molar-refractivity contribution in [3.05, 3.63) is 65.2 Å². The van der Waals surface area contributed by atoms with Gasteiger partial charge in [0.05, 0.1) is 11.6 Å². The van der Waals surface area contributed by atoms with E-state index in [1.54, 1.807) is 0 Å². The van der Waals surface area contributed by atoms with Gasteiger partial charge in [-0.3, -0.25) is 4.90 Å². The van der Waals surface area contributed by atoms with Crippen molar-refractivity contribution < 1.29 is 0 Å². The second-order valence-corrected chi connectivity index (χ2v) is 5.64. The number of hydrogen-bond donors (Lipinski definition) is 0. The summed E-state index contributed by atoms with van der Waals surface area (Å²) in [6.45, 7) is 9.13. The minimum Gasteiger partial charge on any atom is -0.299 e. The first kappa shape index (κ1) is 17.0. The molecule has 0 atom stereocenters. The first-order valence-electron chi connectivity index (χ1n) is 7.77. The van der Waals surface area contributed by atoms with Gasteiger partial charge in [0.1, 0.15) is 0 Å². The molecular weight excluding hydrogens is 280 g/mol. The zero-order valence-corrected chi connectivity index (χ0v) is 13.0. The van der Waals surface area contributed by atoms with Crippen molar-refractivity contribution in [1.29, 1.82) is 5.26 Å². The van der Waals surface area contributed by atoms with E-state index in [2.05, 4.69) is 48.7 Å². The molecule has 0 spiro atoms. The van der Waals surface area contributed by atoms with Crippen LogP contribution < -0.4 is 0 Å². The molecule has 0 bridgehead atoms. The van der Waals surface area contributed by atoms with Gasteiger partial charge < -0.3 is 0 Å². The zero-order valence-electron chi connectivity index (χ0n) is 13.0. The van der Waals surface area contributed by atoms with Crippen LogP contribution in [-0.4, -0.2) is 18.0 Å². The van der Waals surface area contributed by atoms with Crippen molar-refractivity contribution in [2.45, 2.75) is 27.3 Å². The minimum atomic E-state index is 0. The summed E-state index contributed by atoms with van der Waals surface area (Å²) in [4.78, 5) is 2.42. The highest BCUT2D eigenvalue weighted by Gasteiger charge is 2.23. The molecule has 0 aliphatic carbocycles. The maximum atomic E-state index is 9.53. The van der Waals surface area contributed by atoms with E-state index in [9.17, 15) is 5.26 Å². The molecule has 0 radical (unpaired) electrons. The maximum absolute atomic E-state index is 9.53. The standard InChI is InChI=1S/C20H20N2.CH4/c1-3-17-16(13-21)12-19(15-8-6-5-7-9-15)18-10-11-22(4-2)14-20(17)18;/h3,5-9,12H,1,4,10-11,14H2,2H3;1H4. The van der Waals surface area contributed by atoms with Crippen LogP contribution in [0.4, 0.5) is 0 Å². The second kappa shape index (κ2) is 7.26. The molecule has 2 nitrogen and oxygen atoms in total. The lowest BCUT2D eigenvalue weighted by Gasteiger charge is -2.31. The first-order chi connectivity index (χ1) is 10.8. The summed E-state index contributed by atoms with van der Waals surface area (Å²) in [7, 11) is 0. The molecule has 0 N–H and O–H groups in total. The van der Waals surface area contributed by atoms with Crippen LogP contribution in [0.3, 0.4) is 0 Å². The summed E-state index contributed by atoms with van der Waals surface area (Å²) >= 11 is 0. The average molecular weight is 304 g/mol. The predicted molar refractivity (Wildman–Crippen MR) is 98.1 cm³/mol. The van der Waals surface area contributed by atoms with E-state index < -0.39 is 0 Å². The SMILES string of the molecule is C.C=Cc1c(C#N)cc(-c2ccccc2)c2c1CN(CC)CC2. The summed E-state index contributed by atoms with van der Waals surface area (Å²) < 4.78 is 0. The quantitative estimate of drug-likeness (QED) is 0.808. The summed E-state index contributed by atoms with van der Waals surface area (Å²) in [5.74, 6) is 0. The fourth-order valence-corrected chi connectivity index (χ4v) is 3.31. The molecule has 0 amide bonds. The van der Waals surface area contributed by atoms with Crippen LogP contribution in [0.5, 0.6) is 0 Å². The van der Waals surface area contributed by atoms with Gasteiger partial charge >= 0.3 is 0 Å². The first-order valence-corrected chi connectivity index (χ1v) is 7.77. The van der Waals surface area contributed by atoms with Crippen LogP contribution in [0.1, 0.15) is 36.6 Å². The molecule has 3 rings (SSSR count). The third-order valence-electron chi connectivity index (χ3n) is 4.51. The highest BCUT2D eigenvalue weighted by molar-refractivity contribution is 5.76. The average Bonchev–Trinajstić information content (AvgIpc) is 2.60. The van der Waals surface area contributed by atoms with E-state index in [1.807, 2.05) is 18.2 Å². The molecule has 0 saturated heterocycles. The van der Waals surface area contributed by atoms with Gasteiger partial charge in [0, 0.05) is 13.1 Å². The molecule has 118 valence electrons. The van der Waals surface area contributed by atoms with Crippen molar-refractivity contribution in [2.24, 2.45) is 0 Å². The highest BCUT2D eigenvalue weighted by atomic mass is 15.1. The van der Waals surface area contributed by atoms with Gasteiger partial charge in [-0.2, -0.15) is 5.26 Å².